The fourth-order valence-electron chi connectivity index (χ4n) is 4.13. The van der Waals surface area contributed by atoms with Crippen molar-refractivity contribution >= 4 is 0 Å². The summed E-state index contributed by atoms with van der Waals surface area (Å²) in [6, 6.07) is 10.1. The molecule has 3 rings (SSSR count). The highest BCUT2D eigenvalue weighted by Gasteiger charge is 2.61. The molecule has 1 heteroatoms. The molecule has 3 atom stereocenters. The van der Waals surface area contributed by atoms with Crippen molar-refractivity contribution in [2.24, 2.45) is 22.7 Å². The Bertz CT molecular complexity index is 422. The van der Waals surface area contributed by atoms with Gasteiger partial charge in [-0.2, -0.15) is 0 Å². The van der Waals surface area contributed by atoms with E-state index < -0.39 is 0 Å². The lowest BCUT2D eigenvalue weighted by atomic mass is 9.67. The van der Waals surface area contributed by atoms with Gasteiger partial charge in [0.1, 0.15) is 12.4 Å². The molecule has 1 aromatic carbocycles. The molecule has 0 N–H and O–H groups in total. The monoisotopic (exact) mass is 243 g/mol. The summed E-state index contributed by atoms with van der Waals surface area (Å²) in [5, 5.41) is 0. The van der Waals surface area contributed by atoms with Crippen molar-refractivity contribution in [3.8, 4) is 5.75 Å². The SMILES string of the molecule is CC1(C)C2CCC1(C)C([CH]Oc1ccccc1)C2. The first-order valence-corrected chi connectivity index (χ1v) is 7.09. The Labute approximate surface area is 111 Å². The van der Waals surface area contributed by atoms with Gasteiger partial charge in [-0.1, -0.05) is 39.0 Å². The molecule has 2 aliphatic carbocycles. The van der Waals surface area contributed by atoms with Gasteiger partial charge < -0.3 is 4.74 Å². The third-order valence-corrected chi connectivity index (χ3v) is 5.97. The smallest absolute Gasteiger partial charge is 0.139 e. The van der Waals surface area contributed by atoms with Crippen molar-refractivity contribution in [1.82, 2.24) is 0 Å². The molecule has 18 heavy (non-hydrogen) atoms. The number of hydrogen-bond donors (Lipinski definition) is 0. The fourth-order valence-corrected chi connectivity index (χ4v) is 4.13. The maximum absolute atomic E-state index is 5.88. The summed E-state index contributed by atoms with van der Waals surface area (Å²) in [5.74, 6) is 2.44. The molecule has 1 radical (unpaired) electrons. The van der Waals surface area contributed by atoms with Crippen LogP contribution in [-0.2, 0) is 0 Å². The molecule has 0 heterocycles. The minimum Gasteiger partial charge on any atom is -0.486 e. The second-order valence-corrected chi connectivity index (χ2v) is 6.78. The fraction of sp³-hybridized carbons (Fsp3) is 0.588. The van der Waals surface area contributed by atoms with Gasteiger partial charge in [0.15, 0.2) is 0 Å². The maximum atomic E-state index is 5.88. The van der Waals surface area contributed by atoms with Gasteiger partial charge in [-0.25, -0.2) is 0 Å². The molecule has 3 unspecified atom stereocenters. The Kier molecular flexibility index (Phi) is 2.69. The van der Waals surface area contributed by atoms with Crippen molar-refractivity contribution in [3.63, 3.8) is 0 Å². The van der Waals surface area contributed by atoms with Crippen LogP contribution in [0.2, 0.25) is 0 Å². The van der Waals surface area contributed by atoms with E-state index in [4.69, 9.17) is 4.74 Å². The lowest BCUT2D eigenvalue weighted by molar-refractivity contribution is 0.0961. The van der Waals surface area contributed by atoms with Crippen LogP contribution in [0, 0.1) is 29.3 Å². The van der Waals surface area contributed by atoms with Crippen LogP contribution in [-0.4, -0.2) is 0 Å². The zero-order chi connectivity index (χ0) is 12.8. The van der Waals surface area contributed by atoms with E-state index in [1.807, 2.05) is 30.3 Å². The van der Waals surface area contributed by atoms with E-state index in [9.17, 15) is 0 Å². The van der Waals surface area contributed by atoms with E-state index >= 15 is 0 Å². The van der Waals surface area contributed by atoms with Crippen LogP contribution in [0.4, 0.5) is 0 Å². The quantitative estimate of drug-likeness (QED) is 0.748. The normalized spacial score (nSPS) is 36.8. The average molecular weight is 243 g/mol. The van der Waals surface area contributed by atoms with Gasteiger partial charge in [-0.05, 0) is 48.1 Å². The zero-order valence-corrected chi connectivity index (χ0v) is 11.6. The van der Waals surface area contributed by atoms with Gasteiger partial charge >= 0.3 is 0 Å². The minimum atomic E-state index is 0.423. The first-order chi connectivity index (χ1) is 8.54. The van der Waals surface area contributed by atoms with E-state index in [0.717, 1.165) is 11.7 Å². The number of rotatable bonds is 3. The number of ether oxygens (including phenoxy) is 1. The largest absolute Gasteiger partial charge is 0.486 e. The first kappa shape index (κ1) is 12.1. The topological polar surface area (TPSA) is 9.23 Å². The van der Waals surface area contributed by atoms with E-state index in [0.29, 0.717) is 16.7 Å². The molecule has 1 nitrogen and oxygen atoms in total. The van der Waals surface area contributed by atoms with Crippen LogP contribution in [0.15, 0.2) is 30.3 Å². The Balaban J connectivity index is 1.69. The predicted octanol–water partition coefficient (Wildman–Crippen LogP) is 4.69. The van der Waals surface area contributed by atoms with Gasteiger partial charge in [-0.3, -0.25) is 0 Å². The van der Waals surface area contributed by atoms with Crippen LogP contribution in [0.3, 0.4) is 0 Å². The summed E-state index contributed by atoms with van der Waals surface area (Å²) in [6.45, 7) is 9.45. The van der Waals surface area contributed by atoms with E-state index in [-0.39, 0.29) is 0 Å². The third-order valence-electron chi connectivity index (χ3n) is 5.97. The Morgan fingerprint density at radius 1 is 1.17 bits per heavy atom. The first-order valence-electron chi connectivity index (χ1n) is 7.09. The molecule has 2 fully saturated rings. The summed E-state index contributed by atoms with van der Waals surface area (Å²) >= 11 is 0. The highest BCUT2D eigenvalue weighted by Crippen LogP contribution is 2.68. The van der Waals surface area contributed by atoms with Crippen LogP contribution in [0.1, 0.15) is 40.0 Å². The second-order valence-electron chi connectivity index (χ2n) is 6.78. The molecule has 0 amide bonds. The molecular weight excluding hydrogens is 220 g/mol. The minimum absolute atomic E-state index is 0.423. The standard InChI is InChI=1S/C17H23O/c1-16(2)13-9-10-17(16,3)14(11-13)12-18-15-7-5-4-6-8-15/h4-8,12-14H,9-11H2,1-3H3. The van der Waals surface area contributed by atoms with Gasteiger partial charge in [0.2, 0.25) is 0 Å². The van der Waals surface area contributed by atoms with Gasteiger partial charge in [0, 0.05) is 5.92 Å². The average Bonchev–Trinajstić information content (AvgIpc) is 2.70. The van der Waals surface area contributed by atoms with Gasteiger partial charge in [0.25, 0.3) is 0 Å². The molecule has 1 aromatic rings. The molecule has 2 aliphatic rings. The lowest BCUT2D eigenvalue weighted by Gasteiger charge is -2.38. The van der Waals surface area contributed by atoms with Crippen molar-refractivity contribution in [2.75, 3.05) is 0 Å². The van der Waals surface area contributed by atoms with Crippen molar-refractivity contribution in [3.05, 3.63) is 36.9 Å². The van der Waals surface area contributed by atoms with Crippen LogP contribution in [0.5, 0.6) is 5.75 Å². The number of hydrogen-bond acceptors (Lipinski definition) is 1. The van der Waals surface area contributed by atoms with E-state index in [2.05, 4.69) is 27.4 Å². The van der Waals surface area contributed by atoms with Gasteiger partial charge in [0.05, 0.1) is 0 Å². The second kappa shape index (κ2) is 4.01. The lowest BCUT2D eigenvalue weighted by Crippen LogP contribution is -2.33. The summed E-state index contributed by atoms with van der Waals surface area (Å²) < 4.78 is 5.88. The van der Waals surface area contributed by atoms with Crippen molar-refractivity contribution < 1.29 is 4.74 Å². The van der Waals surface area contributed by atoms with E-state index in [1.54, 1.807) is 0 Å². The van der Waals surface area contributed by atoms with Crippen LogP contribution < -0.4 is 4.74 Å². The molecule has 2 saturated carbocycles. The Morgan fingerprint density at radius 3 is 2.44 bits per heavy atom. The number of para-hydroxylation sites is 1. The highest BCUT2D eigenvalue weighted by atomic mass is 16.5. The summed E-state index contributed by atoms with van der Waals surface area (Å²) in [5.41, 5.74) is 0.890. The van der Waals surface area contributed by atoms with Crippen LogP contribution in [0.25, 0.3) is 0 Å². The number of fused-ring (bicyclic) bond motifs is 2. The summed E-state index contributed by atoms with van der Waals surface area (Å²) in [6.07, 6.45) is 4.06. The predicted molar refractivity (Wildman–Crippen MR) is 74.1 cm³/mol. The van der Waals surface area contributed by atoms with Crippen molar-refractivity contribution in [2.45, 2.75) is 40.0 Å². The molecule has 0 saturated heterocycles. The zero-order valence-electron chi connectivity index (χ0n) is 11.6. The Morgan fingerprint density at radius 2 is 1.89 bits per heavy atom. The van der Waals surface area contributed by atoms with Crippen molar-refractivity contribution in [1.29, 1.82) is 0 Å². The summed E-state index contributed by atoms with van der Waals surface area (Å²) in [4.78, 5) is 0. The van der Waals surface area contributed by atoms with Gasteiger partial charge in [-0.15, -0.1) is 0 Å². The molecule has 0 spiro atoms. The Hall–Kier alpha value is -0.980. The van der Waals surface area contributed by atoms with E-state index in [1.165, 1.54) is 19.3 Å². The molecule has 0 aromatic heterocycles. The molecule has 97 valence electrons. The maximum Gasteiger partial charge on any atom is 0.139 e. The number of benzene rings is 1. The summed E-state index contributed by atoms with van der Waals surface area (Å²) in [7, 11) is 0. The molecule has 0 aliphatic heterocycles. The molecular formula is C17H23O. The third kappa shape index (κ3) is 1.60. The van der Waals surface area contributed by atoms with Crippen LogP contribution >= 0.6 is 0 Å². The highest BCUT2D eigenvalue weighted by molar-refractivity contribution is 5.22. The molecule has 2 bridgehead atoms.